The number of ether oxygens (including phenoxy) is 1. The lowest BCUT2D eigenvalue weighted by Crippen LogP contribution is -2.42. The molecule has 0 bridgehead atoms. The Bertz CT molecular complexity index is 1820. The molecule has 0 aliphatic heterocycles. The second kappa shape index (κ2) is 19.3. The molecule has 6 rings (SSSR count). The van der Waals surface area contributed by atoms with Gasteiger partial charge in [-0.1, -0.05) is 182 Å². The van der Waals surface area contributed by atoms with Crippen molar-refractivity contribution in [3.63, 3.8) is 0 Å². The molecule has 1 N–H and O–H groups in total. The molecule has 0 saturated heterocycles. The molecule has 0 unspecified atom stereocenters. The molecular weight excluding hydrogens is 705 g/mol. The van der Waals surface area contributed by atoms with Gasteiger partial charge >= 0.3 is 5.97 Å². The zero-order chi connectivity index (χ0) is 37.5. The van der Waals surface area contributed by atoms with Crippen molar-refractivity contribution >= 4 is 35.4 Å². The molecule has 0 aliphatic carbocycles. The smallest absolute Gasteiger partial charge is 0.319 e. The summed E-state index contributed by atoms with van der Waals surface area (Å²) >= 11 is 3.62. The molecule has 0 fully saturated rings. The van der Waals surface area contributed by atoms with Crippen LogP contribution in [0.4, 0.5) is 0 Å². The van der Waals surface area contributed by atoms with Crippen LogP contribution in [0.3, 0.4) is 0 Å². The lowest BCUT2D eigenvalue weighted by atomic mass is 9.84. The Morgan fingerprint density at radius 1 is 0.500 bits per heavy atom. The highest BCUT2D eigenvalue weighted by atomic mass is 32.2. The summed E-state index contributed by atoms with van der Waals surface area (Å²) in [4.78, 5) is 28.0. The van der Waals surface area contributed by atoms with Gasteiger partial charge in [0, 0.05) is 24.6 Å². The highest BCUT2D eigenvalue weighted by Gasteiger charge is 2.38. The lowest BCUT2D eigenvalue weighted by Gasteiger charge is -2.36. The van der Waals surface area contributed by atoms with E-state index in [0.717, 1.165) is 0 Å². The molecule has 274 valence electrons. The van der Waals surface area contributed by atoms with Crippen molar-refractivity contribution in [1.82, 2.24) is 10.2 Å². The predicted octanol–water partition coefficient (Wildman–Crippen LogP) is 9.03. The summed E-state index contributed by atoms with van der Waals surface area (Å²) in [5, 5.41) is 3.16. The molecule has 0 saturated carbocycles. The van der Waals surface area contributed by atoms with Crippen LogP contribution >= 0.6 is 23.5 Å². The molecule has 7 heteroatoms. The molecule has 5 nitrogen and oxygen atoms in total. The van der Waals surface area contributed by atoms with Crippen molar-refractivity contribution in [3.8, 4) is 0 Å². The van der Waals surface area contributed by atoms with Gasteiger partial charge in [-0.25, -0.2) is 0 Å². The first-order valence-corrected chi connectivity index (χ1v) is 20.2. The molecule has 6 aromatic carbocycles. The van der Waals surface area contributed by atoms with E-state index in [9.17, 15) is 9.59 Å². The Labute approximate surface area is 328 Å². The number of nitrogens with zero attached hydrogens (tertiary/aromatic N) is 1. The first-order chi connectivity index (χ1) is 26.6. The third-order valence-electron chi connectivity index (χ3n) is 9.50. The molecule has 0 aromatic heterocycles. The maximum absolute atomic E-state index is 13.6. The van der Waals surface area contributed by atoms with Crippen LogP contribution in [0.15, 0.2) is 182 Å². The second-order valence-corrected chi connectivity index (χ2v) is 15.5. The zero-order valence-corrected chi connectivity index (χ0v) is 32.2. The van der Waals surface area contributed by atoms with Gasteiger partial charge in [0.1, 0.15) is 0 Å². The fourth-order valence-electron chi connectivity index (χ4n) is 6.98. The molecule has 0 heterocycles. The monoisotopic (exact) mass is 750 g/mol. The number of nitrogens with one attached hydrogen (secondary N) is 1. The van der Waals surface area contributed by atoms with E-state index in [0.29, 0.717) is 24.6 Å². The van der Waals surface area contributed by atoms with Crippen LogP contribution in [-0.4, -0.2) is 61.6 Å². The molecule has 1 amide bonds. The van der Waals surface area contributed by atoms with Gasteiger partial charge in [0.05, 0.1) is 29.7 Å². The van der Waals surface area contributed by atoms with Gasteiger partial charge < -0.3 is 10.1 Å². The zero-order valence-electron chi connectivity index (χ0n) is 30.6. The Kier molecular flexibility index (Phi) is 13.8. The summed E-state index contributed by atoms with van der Waals surface area (Å²) in [7, 11) is 1.39. The van der Waals surface area contributed by atoms with Crippen molar-refractivity contribution in [2.24, 2.45) is 0 Å². The van der Waals surface area contributed by atoms with Crippen molar-refractivity contribution < 1.29 is 14.3 Å². The second-order valence-electron chi connectivity index (χ2n) is 12.9. The number of esters is 1. The largest absolute Gasteiger partial charge is 0.468 e. The van der Waals surface area contributed by atoms with E-state index in [2.05, 4.69) is 151 Å². The van der Waals surface area contributed by atoms with E-state index in [1.54, 1.807) is 0 Å². The van der Waals surface area contributed by atoms with Gasteiger partial charge in [-0.15, -0.1) is 23.5 Å². The average molecular weight is 751 g/mol. The number of methoxy groups -OCH3 is 1. The van der Waals surface area contributed by atoms with Crippen LogP contribution in [0.5, 0.6) is 0 Å². The normalized spacial score (nSPS) is 11.6. The number of carbonyl (C=O) groups is 2. The number of benzene rings is 6. The molecule has 6 aromatic rings. The van der Waals surface area contributed by atoms with Crippen molar-refractivity contribution in [2.75, 3.05) is 44.8 Å². The number of hydrogen-bond donors (Lipinski definition) is 1. The molecule has 0 radical (unpaired) electrons. The van der Waals surface area contributed by atoms with E-state index >= 15 is 0 Å². The Morgan fingerprint density at radius 3 is 1.13 bits per heavy atom. The first kappa shape index (κ1) is 38.6. The third-order valence-corrected chi connectivity index (χ3v) is 12.6. The van der Waals surface area contributed by atoms with Crippen molar-refractivity contribution in [2.45, 2.75) is 9.49 Å². The van der Waals surface area contributed by atoms with Crippen LogP contribution in [0, 0.1) is 0 Å². The van der Waals surface area contributed by atoms with Crippen LogP contribution in [0.25, 0.3) is 0 Å². The van der Waals surface area contributed by atoms with Gasteiger partial charge in [0.25, 0.3) is 0 Å². The number of rotatable bonds is 18. The third kappa shape index (κ3) is 9.16. The number of hydrogen-bond acceptors (Lipinski definition) is 6. The topological polar surface area (TPSA) is 58.6 Å². The van der Waals surface area contributed by atoms with E-state index < -0.39 is 9.49 Å². The highest BCUT2D eigenvalue weighted by molar-refractivity contribution is 8.00. The lowest BCUT2D eigenvalue weighted by molar-refractivity contribution is -0.142. The minimum absolute atomic E-state index is 0.0212. The van der Waals surface area contributed by atoms with Gasteiger partial charge in [-0.3, -0.25) is 14.5 Å². The average Bonchev–Trinajstić information content (AvgIpc) is 3.24. The molecule has 54 heavy (non-hydrogen) atoms. The summed E-state index contributed by atoms with van der Waals surface area (Å²) in [6.07, 6.45) is 0. The summed E-state index contributed by atoms with van der Waals surface area (Å²) in [6.45, 7) is 1.08. The van der Waals surface area contributed by atoms with Crippen LogP contribution in [0.1, 0.15) is 33.4 Å². The number of thioether (sulfide) groups is 2. The van der Waals surface area contributed by atoms with Gasteiger partial charge in [0.15, 0.2) is 0 Å². The molecule has 0 aliphatic rings. The maximum Gasteiger partial charge on any atom is 0.319 e. The van der Waals surface area contributed by atoms with E-state index in [1.165, 1.54) is 40.5 Å². The maximum atomic E-state index is 13.6. The highest BCUT2D eigenvalue weighted by Crippen LogP contribution is 2.49. The Morgan fingerprint density at radius 2 is 0.815 bits per heavy atom. The quantitative estimate of drug-likeness (QED) is 0.0538. The van der Waals surface area contributed by atoms with Gasteiger partial charge in [0.2, 0.25) is 5.91 Å². The van der Waals surface area contributed by atoms with Gasteiger partial charge in [-0.05, 0) is 33.4 Å². The van der Waals surface area contributed by atoms with E-state index in [1.807, 2.05) is 64.8 Å². The predicted molar refractivity (Wildman–Crippen MR) is 225 cm³/mol. The molecular formula is C47H46N2O3S2. The first-order valence-electron chi connectivity index (χ1n) is 18.2. The van der Waals surface area contributed by atoms with Crippen LogP contribution in [0.2, 0.25) is 0 Å². The summed E-state index contributed by atoms with van der Waals surface area (Å²) < 4.78 is 4.09. The minimum atomic E-state index is -0.497. The molecule has 0 atom stereocenters. The summed E-state index contributed by atoms with van der Waals surface area (Å²) in [5.41, 5.74) is 7.04. The standard InChI is InChI=1S/C47H46N2O3S2/c1-52-45(51)37-49(33-35-54-47(41-26-14-5-15-27-41,42-28-16-6-17-29-42)43-30-18-7-19-31-43)36-44(50)48-32-34-53-46(38-20-8-2-9-21-38,39-22-10-3-11-23-39)40-24-12-4-13-25-40/h2-31H,32-37H2,1H3,(H,48,50). The Balaban J connectivity index is 1.17. The minimum Gasteiger partial charge on any atom is -0.468 e. The van der Waals surface area contributed by atoms with E-state index in [-0.39, 0.29) is 25.0 Å². The summed E-state index contributed by atoms with van der Waals surface area (Å²) in [5.74, 6) is 0.828. The Hall–Kier alpha value is -5.08. The van der Waals surface area contributed by atoms with Crippen LogP contribution in [-0.2, 0) is 23.8 Å². The number of amides is 1. The van der Waals surface area contributed by atoms with E-state index in [4.69, 9.17) is 4.74 Å². The van der Waals surface area contributed by atoms with Crippen molar-refractivity contribution in [3.05, 3.63) is 215 Å². The molecule has 0 spiro atoms. The fraction of sp³-hybridized carbons (Fsp3) is 0.191. The van der Waals surface area contributed by atoms with Gasteiger partial charge in [-0.2, -0.15) is 0 Å². The SMILES string of the molecule is COC(=O)CN(CCSC(c1ccccc1)(c1ccccc1)c1ccccc1)CC(=O)NCCSC(c1ccccc1)(c1ccccc1)c1ccccc1. The fourth-order valence-corrected chi connectivity index (χ4v) is 9.96. The van der Waals surface area contributed by atoms with Crippen molar-refractivity contribution in [1.29, 1.82) is 0 Å². The summed E-state index contributed by atoms with van der Waals surface area (Å²) in [6, 6.07) is 63.3. The number of carbonyl (C=O) groups excluding carboxylic acids is 2. The van der Waals surface area contributed by atoms with Crippen LogP contribution < -0.4 is 5.32 Å².